The molecule has 20 heavy (non-hydrogen) atoms. The second-order valence-electron chi connectivity index (χ2n) is 3.92. The van der Waals surface area contributed by atoms with E-state index in [1.54, 1.807) is 24.3 Å². The van der Waals surface area contributed by atoms with Crippen LogP contribution < -0.4 is 9.47 Å². The molecular formula is C14H10ClF3O2. The van der Waals surface area contributed by atoms with E-state index in [1.807, 2.05) is 0 Å². The highest BCUT2D eigenvalue weighted by Crippen LogP contribution is 2.34. The molecule has 106 valence electrons. The second kappa shape index (κ2) is 5.63. The van der Waals surface area contributed by atoms with Crippen molar-refractivity contribution in [3.05, 3.63) is 47.5 Å². The Kier molecular flexibility index (Phi) is 4.09. The highest BCUT2D eigenvalue weighted by Gasteiger charge is 2.31. The van der Waals surface area contributed by atoms with Gasteiger partial charge in [-0.2, -0.15) is 0 Å². The van der Waals surface area contributed by atoms with Crippen LogP contribution in [0, 0.1) is 0 Å². The van der Waals surface area contributed by atoms with Crippen LogP contribution in [0.3, 0.4) is 0 Å². The summed E-state index contributed by atoms with van der Waals surface area (Å²) in [4.78, 5) is 0. The van der Waals surface area contributed by atoms with Gasteiger partial charge in [-0.05, 0) is 35.9 Å². The summed E-state index contributed by atoms with van der Waals surface area (Å²) in [6.07, 6.45) is -4.72. The summed E-state index contributed by atoms with van der Waals surface area (Å²) in [5, 5.41) is 0.480. The van der Waals surface area contributed by atoms with Crippen molar-refractivity contribution in [2.45, 2.75) is 6.36 Å². The summed E-state index contributed by atoms with van der Waals surface area (Å²) in [5.74, 6) is 0.189. The number of alkyl halides is 3. The van der Waals surface area contributed by atoms with E-state index in [0.29, 0.717) is 21.9 Å². The Morgan fingerprint density at radius 1 is 1.05 bits per heavy atom. The largest absolute Gasteiger partial charge is 0.573 e. The fourth-order valence-electron chi connectivity index (χ4n) is 1.76. The molecule has 0 saturated carbocycles. The highest BCUT2D eigenvalue weighted by atomic mass is 35.5. The van der Waals surface area contributed by atoms with E-state index in [1.165, 1.54) is 25.3 Å². The van der Waals surface area contributed by atoms with Gasteiger partial charge in [-0.15, -0.1) is 13.2 Å². The molecule has 0 aliphatic heterocycles. The summed E-state index contributed by atoms with van der Waals surface area (Å²) in [6, 6.07) is 10.6. The van der Waals surface area contributed by atoms with Crippen LogP contribution in [0.2, 0.25) is 5.02 Å². The van der Waals surface area contributed by atoms with Crippen LogP contribution in [-0.4, -0.2) is 13.5 Å². The molecule has 0 fully saturated rings. The van der Waals surface area contributed by atoms with E-state index in [9.17, 15) is 13.2 Å². The number of halogens is 4. The van der Waals surface area contributed by atoms with E-state index in [-0.39, 0.29) is 5.75 Å². The van der Waals surface area contributed by atoms with Crippen LogP contribution in [-0.2, 0) is 0 Å². The van der Waals surface area contributed by atoms with E-state index in [2.05, 4.69) is 4.74 Å². The second-order valence-corrected chi connectivity index (χ2v) is 4.36. The van der Waals surface area contributed by atoms with Crippen molar-refractivity contribution in [3.8, 4) is 22.6 Å². The van der Waals surface area contributed by atoms with Crippen molar-refractivity contribution in [2.75, 3.05) is 7.11 Å². The molecule has 2 aromatic carbocycles. The van der Waals surface area contributed by atoms with Gasteiger partial charge in [-0.25, -0.2) is 0 Å². The molecule has 0 aromatic heterocycles. The number of ether oxygens (including phenoxy) is 2. The van der Waals surface area contributed by atoms with Crippen LogP contribution >= 0.6 is 11.6 Å². The summed E-state index contributed by atoms with van der Waals surface area (Å²) >= 11 is 5.85. The maximum atomic E-state index is 12.2. The third-order valence-electron chi connectivity index (χ3n) is 2.54. The minimum Gasteiger partial charge on any atom is -0.496 e. The number of benzene rings is 2. The average molecular weight is 303 g/mol. The predicted octanol–water partition coefficient (Wildman–Crippen LogP) is 4.91. The third kappa shape index (κ3) is 3.57. The van der Waals surface area contributed by atoms with Crippen molar-refractivity contribution in [1.82, 2.24) is 0 Å². The lowest BCUT2D eigenvalue weighted by atomic mass is 10.0. The van der Waals surface area contributed by atoms with Crippen LogP contribution in [0.15, 0.2) is 42.5 Å². The van der Waals surface area contributed by atoms with Crippen molar-refractivity contribution in [2.24, 2.45) is 0 Å². The van der Waals surface area contributed by atoms with Gasteiger partial charge >= 0.3 is 6.36 Å². The Bertz CT molecular complexity index is 612. The van der Waals surface area contributed by atoms with Gasteiger partial charge in [0.2, 0.25) is 0 Å². The van der Waals surface area contributed by atoms with Gasteiger partial charge in [0.15, 0.2) is 0 Å². The normalized spacial score (nSPS) is 11.2. The summed E-state index contributed by atoms with van der Waals surface area (Å²) in [5.41, 5.74) is 1.17. The quantitative estimate of drug-likeness (QED) is 0.801. The van der Waals surface area contributed by atoms with Crippen molar-refractivity contribution in [3.63, 3.8) is 0 Å². The maximum absolute atomic E-state index is 12.2. The lowest BCUT2D eigenvalue weighted by Crippen LogP contribution is -2.17. The maximum Gasteiger partial charge on any atom is 0.573 e. The molecule has 0 radical (unpaired) electrons. The van der Waals surface area contributed by atoms with E-state index >= 15 is 0 Å². The summed E-state index contributed by atoms with van der Waals surface area (Å²) in [7, 11) is 1.46. The molecule has 2 aromatic rings. The van der Waals surface area contributed by atoms with Crippen LogP contribution in [0.1, 0.15) is 0 Å². The van der Waals surface area contributed by atoms with E-state index in [4.69, 9.17) is 16.3 Å². The molecule has 6 heteroatoms. The fraction of sp³-hybridized carbons (Fsp3) is 0.143. The molecule has 0 heterocycles. The van der Waals surface area contributed by atoms with Gasteiger partial charge in [-0.1, -0.05) is 23.7 Å². The molecule has 2 nitrogen and oxygen atoms in total. The van der Waals surface area contributed by atoms with Crippen LogP contribution in [0.5, 0.6) is 11.5 Å². The zero-order chi connectivity index (χ0) is 14.8. The Morgan fingerprint density at radius 3 is 2.45 bits per heavy atom. The Balaban J connectivity index is 2.41. The number of methoxy groups -OCH3 is 1. The van der Waals surface area contributed by atoms with Crippen molar-refractivity contribution >= 4 is 11.6 Å². The predicted molar refractivity (Wildman–Crippen MR) is 70.1 cm³/mol. The van der Waals surface area contributed by atoms with Gasteiger partial charge in [-0.3, -0.25) is 0 Å². The third-order valence-corrected chi connectivity index (χ3v) is 2.78. The molecule has 2 rings (SSSR count). The monoisotopic (exact) mass is 302 g/mol. The van der Waals surface area contributed by atoms with Gasteiger partial charge in [0.25, 0.3) is 0 Å². The van der Waals surface area contributed by atoms with Gasteiger partial charge in [0, 0.05) is 10.6 Å². The number of hydrogen-bond donors (Lipinski definition) is 0. The highest BCUT2D eigenvalue weighted by molar-refractivity contribution is 6.30. The average Bonchev–Trinajstić information content (AvgIpc) is 2.36. The molecule has 0 saturated heterocycles. The molecule has 0 spiro atoms. The molecule has 0 aliphatic carbocycles. The molecule has 0 atom stereocenters. The molecular weight excluding hydrogens is 293 g/mol. The summed E-state index contributed by atoms with van der Waals surface area (Å²) in [6.45, 7) is 0. The van der Waals surface area contributed by atoms with E-state index < -0.39 is 6.36 Å². The van der Waals surface area contributed by atoms with Crippen LogP contribution in [0.4, 0.5) is 13.2 Å². The molecule has 0 N–H and O–H groups in total. The molecule has 0 amide bonds. The lowest BCUT2D eigenvalue weighted by molar-refractivity contribution is -0.274. The number of rotatable bonds is 3. The van der Waals surface area contributed by atoms with E-state index in [0.717, 1.165) is 0 Å². The molecule has 0 unspecified atom stereocenters. The number of hydrogen-bond acceptors (Lipinski definition) is 2. The first-order valence-electron chi connectivity index (χ1n) is 5.59. The topological polar surface area (TPSA) is 18.5 Å². The fourth-order valence-corrected chi connectivity index (χ4v) is 1.93. The van der Waals surface area contributed by atoms with Gasteiger partial charge < -0.3 is 9.47 Å². The SMILES string of the molecule is COc1cc(Cl)ccc1-c1cccc(OC(F)(F)F)c1. The molecule has 0 aliphatic rings. The standard InChI is InChI=1S/C14H10ClF3O2/c1-19-13-8-10(15)5-6-12(13)9-3-2-4-11(7-9)20-14(16,17)18/h2-8H,1H3. The minimum absolute atomic E-state index is 0.285. The first kappa shape index (κ1) is 14.5. The van der Waals surface area contributed by atoms with Crippen molar-refractivity contribution < 1.29 is 22.6 Å². The zero-order valence-corrected chi connectivity index (χ0v) is 11.1. The first-order valence-corrected chi connectivity index (χ1v) is 5.96. The van der Waals surface area contributed by atoms with Gasteiger partial charge in [0.05, 0.1) is 7.11 Å². The first-order chi connectivity index (χ1) is 9.39. The van der Waals surface area contributed by atoms with Crippen molar-refractivity contribution in [1.29, 1.82) is 0 Å². The lowest BCUT2D eigenvalue weighted by Gasteiger charge is -2.12. The summed E-state index contributed by atoms with van der Waals surface area (Å²) < 4.78 is 45.7. The Morgan fingerprint density at radius 2 is 1.80 bits per heavy atom. The zero-order valence-electron chi connectivity index (χ0n) is 10.4. The Hall–Kier alpha value is -1.88. The smallest absolute Gasteiger partial charge is 0.496 e. The molecule has 0 bridgehead atoms. The minimum atomic E-state index is -4.72. The van der Waals surface area contributed by atoms with Crippen LogP contribution in [0.25, 0.3) is 11.1 Å². The van der Waals surface area contributed by atoms with Gasteiger partial charge in [0.1, 0.15) is 11.5 Å². The Labute approximate surface area is 118 Å².